The number of nitrogens with one attached hydrogen (secondary N) is 6. The van der Waals surface area contributed by atoms with E-state index in [-0.39, 0.29) is 45.6 Å². The Bertz CT molecular complexity index is 2200. The predicted octanol–water partition coefficient (Wildman–Crippen LogP) is 2.41. The maximum absolute atomic E-state index is 12.9. The normalized spacial score (nSPS) is 11.8. The quantitative estimate of drug-likeness (QED) is 0.0412. The van der Waals surface area contributed by atoms with E-state index < -0.39 is 34.8 Å². The molecule has 2 heterocycles. The van der Waals surface area contributed by atoms with E-state index in [1.165, 1.54) is 57.7 Å². The molecule has 0 aliphatic heterocycles. The second kappa shape index (κ2) is 14.0. The summed E-state index contributed by atoms with van der Waals surface area (Å²) in [6.45, 7) is 6.56. The van der Waals surface area contributed by atoms with Gasteiger partial charge >= 0.3 is 11.4 Å². The number of anilines is 4. The Balaban J connectivity index is 1.25. The summed E-state index contributed by atoms with van der Waals surface area (Å²) in [5.74, 6) is -3.65. The molecule has 0 aliphatic carbocycles. The summed E-state index contributed by atoms with van der Waals surface area (Å²) in [5, 5.41) is 33.6. The Morgan fingerprint density at radius 1 is 0.660 bits per heavy atom. The summed E-state index contributed by atoms with van der Waals surface area (Å²) < 4.78 is 2.85. The first-order chi connectivity index (χ1) is 23.8. The van der Waals surface area contributed by atoms with Crippen LogP contribution in [-0.4, -0.2) is 64.1 Å². The van der Waals surface area contributed by atoms with Crippen LogP contribution in [0.1, 0.15) is 27.7 Å². The van der Waals surface area contributed by atoms with Gasteiger partial charge in [-0.15, -0.1) is 0 Å². The molecular formula is C32H32N10O8. The van der Waals surface area contributed by atoms with Crippen LogP contribution in [0.2, 0.25) is 0 Å². The van der Waals surface area contributed by atoms with Crippen LogP contribution in [0.15, 0.2) is 68.3 Å². The third-order valence-corrected chi connectivity index (χ3v) is 7.49. The third-order valence-electron chi connectivity index (χ3n) is 7.49. The van der Waals surface area contributed by atoms with Crippen molar-refractivity contribution in [3.05, 3.63) is 69.5 Å². The Hall–Kier alpha value is -6.98. The van der Waals surface area contributed by atoms with Crippen LogP contribution < -0.4 is 32.9 Å². The molecule has 0 fully saturated rings. The lowest BCUT2D eigenvalue weighted by atomic mass is 10.2. The molecule has 0 bridgehead atoms. The van der Waals surface area contributed by atoms with Crippen molar-refractivity contribution in [1.82, 2.24) is 19.1 Å². The van der Waals surface area contributed by atoms with Crippen molar-refractivity contribution in [2.75, 3.05) is 21.5 Å². The smallest absolute Gasteiger partial charge is 0.326 e. The largest absolute Gasteiger partial charge is 0.506 e. The van der Waals surface area contributed by atoms with Crippen molar-refractivity contribution in [2.24, 2.45) is 10.2 Å². The van der Waals surface area contributed by atoms with Crippen molar-refractivity contribution in [3.8, 4) is 11.5 Å². The molecule has 0 atom stereocenters. The van der Waals surface area contributed by atoms with E-state index >= 15 is 0 Å². The van der Waals surface area contributed by atoms with Crippen LogP contribution in [0.5, 0.6) is 11.5 Å². The highest BCUT2D eigenvalue weighted by atomic mass is 16.3. The van der Waals surface area contributed by atoms with Gasteiger partial charge in [-0.25, -0.2) is 9.59 Å². The van der Waals surface area contributed by atoms with Crippen molar-refractivity contribution in [2.45, 2.75) is 40.8 Å². The van der Waals surface area contributed by atoms with Crippen molar-refractivity contribution < 1.29 is 29.4 Å². The van der Waals surface area contributed by atoms with E-state index in [0.29, 0.717) is 35.2 Å². The molecule has 8 N–H and O–H groups in total. The summed E-state index contributed by atoms with van der Waals surface area (Å²) in [5.41, 5.74) is 5.50. The first-order valence-corrected chi connectivity index (χ1v) is 15.1. The summed E-state index contributed by atoms with van der Waals surface area (Å²) in [6, 6.07) is 11.2. The Labute approximate surface area is 281 Å². The minimum atomic E-state index is -0.873. The van der Waals surface area contributed by atoms with Crippen molar-refractivity contribution in [1.29, 1.82) is 0 Å². The second-order valence-corrected chi connectivity index (χ2v) is 10.9. The molecule has 3 aromatic carbocycles. The number of imidazole rings is 2. The number of phenolic OH excluding ortho intramolecular Hbond substituents is 2. The van der Waals surface area contributed by atoms with Gasteiger partial charge in [0, 0.05) is 50.4 Å². The van der Waals surface area contributed by atoms with Gasteiger partial charge in [-0.2, -0.15) is 10.2 Å². The number of Topliss-reactive ketones (excluding diaryl/α,β-unsaturated/α-hetero) is 2. The number of phenols is 2. The third kappa shape index (κ3) is 6.98. The number of H-pyrrole nitrogens is 2. The summed E-state index contributed by atoms with van der Waals surface area (Å²) >= 11 is 0. The topological polar surface area (TPSA) is 257 Å². The van der Waals surface area contributed by atoms with Crippen molar-refractivity contribution in [3.63, 3.8) is 0 Å². The summed E-state index contributed by atoms with van der Waals surface area (Å²) in [6.07, 6.45) is 0. The van der Waals surface area contributed by atoms with Gasteiger partial charge in [-0.3, -0.25) is 39.2 Å². The van der Waals surface area contributed by atoms with Gasteiger partial charge < -0.3 is 30.8 Å². The number of carbonyl (C=O) groups excluding carboxylic acids is 4. The summed E-state index contributed by atoms with van der Waals surface area (Å²) in [4.78, 5) is 79.9. The Morgan fingerprint density at radius 2 is 1.02 bits per heavy atom. The number of rotatable bonds is 12. The number of hydrazone groups is 2. The maximum atomic E-state index is 12.9. The highest BCUT2D eigenvalue weighted by Gasteiger charge is 2.20. The molecule has 2 aromatic heterocycles. The molecular weight excluding hydrogens is 652 g/mol. The number of aromatic hydroxyl groups is 2. The first-order valence-electron chi connectivity index (χ1n) is 15.1. The van der Waals surface area contributed by atoms with Gasteiger partial charge in [0.25, 0.3) is 11.8 Å². The number of aromatic nitrogens is 4. The molecule has 50 heavy (non-hydrogen) atoms. The van der Waals surface area contributed by atoms with E-state index in [1.807, 2.05) is 0 Å². The van der Waals surface area contributed by atoms with Gasteiger partial charge in [0.15, 0.2) is 23.0 Å². The molecule has 0 unspecified atom stereocenters. The highest BCUT2D eigenvalue weighted by Crippen LogP contribution is 2.29. The number of hydrogen-bond donors (Lipinski definition) is 8. The fourth-order valence-electron chi connectivity index (χ4n) is 5.02. The van der Waals surface area contributed by atoms with E-state index in [2.05, 4.69) is 41.7 Å². The van der Waals surface area contributed by atoms with Gasteiger partial charge in [0.1, 0.15) is 22.9 Å². The van der Waals surface area contributed by atoms with Crippen molar-refractivity contribution >= 4 is 79.6 Å². The zero-order chi connectivity index (χ0) is 36.3. The van der Waals surface area contributed by atoms with Crippen LogP contribution in [-0.2, 0) is 32.3 Å². The number of ketones is 2. The van der Waals surface area contributed by atoms with Crippen LogP contribution in [0.25, 0.3) is 22.1 Å². The first kappa shape index (κ1) is 34.4. The molecule has 0 aliphatic rings. The lowest BCUT2D eigenvalue weighted by Crippen LogP contribution is -2.30. The minimum absolute atomic E-state index is 0.0400. The van der Waals surface area contributed by atoms with E-state index in [0.717, 1.165) is 13.8 Å². The molecule has 2 amide bonds. The predicted molar refractivity (Wildman–Crippen MR) is 187 cm³/mol. The number of carbonyl (C=O) groups is 4. The highest BCUT2D eigenvalue weighted by molar-refractivity contribution is 6.67. The number of hydrogen-bond acceptors (Lipinski definition) is 12. The van der Waals surface area contributed by atoms with Gasteiger partial charge in [0.05, 0.1) is 22.1 Å². The van der Waals surface area contributed by atoms with Crippen LogP contribution in [0.3, 0.4) is 0 Å². The minimum Gasteiger partial charge on any atom is -0.506 e. The molecule has 0 saturated heterocycles. The lowest BCUT2D eigenvalue weighted by Gasteiger charge is -2.10. The fourth-order valence-corrected chi connectivity index (χ4v) is 5.02. The molecule has 18 heteroatoms. The zero-order valence-electron chi connectivity index (χ0n) is 27.2. The molecule has 0 spiro atoms. The maximum Gasteiger partial charge on any atom is 0.326 e. The monoisotopic (exact) mass is 684 g/mol. The van der Waals surface area contributed by atoms with Crippen LogP contribution >= 0.6 is 0 Å². The Kier molecular flexibility index (Phi) is 9.63. The number of aromatic amines is 2. The SMILES string of the molecule is CCn1c(=O)[nH]c2cc(N/N=C(/C(C)=O)C(=O)Nc3ccc(NC(=O)/C(=N\Nc4cc5[nH]c(=O)n(CC)c5cc4O)C(C)=O)cc3)c(O)cc21. The molecule has 0 saturated carbocycles. The number of amides is 2. The standard InChI is InChI=1S/C32H32N10O8/c1-5-41-23-13-25(45)21(11-19(23)35-31(41)49)37-39-27(15(3)43)29(47)33-17-7-9-18(10-8-17)34-30(48)28(16(4)44)40-38-22-12-20-24(14-26(22)46)42(6-2)32(50)36-20/h7-14,37-38,45-46H,5-6H2,1-4H3,(H,33,47)(H,34,48)(H,35,49)(H,36,50)/b39-27-,40-28-. The van der Waals surface area contributed by atoms with Crippen LogP contribution in [0, 0.1) is 0 Å². The van der Waals surface area contributed by atoms with Gasteiger partial charge in [-0.1, -0.05) is 0 Å². The summed E-state index contributed by atoms with van der Waals surface area (Å²) in [7, 11) is 0. The number of aryl methyl sites for hydroxylation is 2. The van der Waals surface area contributed by atoms with E-state index in [4.69, 9.17) is 0 Å². The molecule has 5 rings (SSSR count). The lowest BCUT2D eigenvalue weighted by molar-refractivity contribution is -0.116. The molecule has 18 nitrogen and oxygen atoms in total. The number of benzene rings is 3. The second-order valence-electron chi connectivity index (χ2n) is 10.9. The molecule has 258 valence electrons. The Morgan fingerprint density at radius 3 is 1.34 bits per heavy atom. The molecule has 0 radical (unpaired) electrons. The van der Waals surface area contributed by atoms with E-state index in [9.17, 15) is 39.0 Å². The van der Waals surface area contributed by atoms with Gasteiger partial charge in [0.2, 0.25) is 0 Å². The van der Waals surface area contributed by atoms with E-state index in [1.54, 1.807) is 13.8 Å². The zero-order valence-corrected chi connectivity index (χ0v) is 27.2. The average molecular weight is 685 g/mol. The van der Waals surface area contributed by atoms with Crippen LogP contribution in [0.4, 0.5) is 22.7 Å². The molecule has 5 aromatic rings. The number of fused-ring (bicyclic) bond motifs is 2. The average Bonchev–Trinajstić information content (AvgIpc) is 3.54. The number of nitrogens with zero attached hydrogens (tertiary/aromatic N) is 4. The fraction of sp³-hybridized carbons (Fsp3) is 0.188. The van der Waals surface area contributed by atoms with Gasteiger partial charge in [-0.05, 0) is 50.2 Å².